The number of likely N-dealkylation sites (tertiary alicyclic amines) is 1. The maximum atomic E-state index is 12.0. The van der Waals surface area contributed by atoms with E-state index in [2.05, 4.69) is 4.72 Å². The molecule has 2 N–H and O–H groups in total. The second-order valence-corrected chi connectivity index (χ2v) is 7.50. The van der Waals surface area contributed by atoms with Gasteiger partial charge in [0.05, 0.1) is 30.9 Å². The molecule has 1 fully saturated rings. The van der Waals surface area contributed by atoms with E-state index in [9.17, 15) is 18.0 Å². The summed E-state index contributed by atoms with van der Waals surface area (Å²) in [7, 11) is -3.58. The Morgan fingerprint density at radius 2 is 2.09 bits per heavy atom. The van der Waals surface area contributed by atoms with Crippen molar-refractivity contribution in [1.29, 1.82) is 0 Å². The number of ether oxygens (including phenoxy) is 1. The number of hydrogen-bond donors (Lipinski definition) is 2. The maximum Gasteiger partial charge on any atom is 0.308 e. The highest BCUT2D eigenvalue weighted by Gasteiger charge is 2.28. The van der Waals surface area contributed by atoms with Gasteiger partial charge in [0, 0.05) is 13.1 Å². The SMILES string of the molecule is CC(C)OCCS(=O)(=O)NCC(=O)N1CCCC(C(=O)O)C1. The predicted molar refractivity (Wildman–Crippen MR) is 79.8 cm³/mol. The molecule has 0 aromatic heterocycles. The minimum Gasteiger partial charge on any atom is -0.481 e. The summed E-state index contributed by atoms with van der Waals surface area (Å²) in [6.45, 7) is 3.91. The minimum absolute atomic E-state index is 0.0573. The fourth-order valence-electron chi connectivity index (χ4n) is 2.15. The summed E-state index contributed by atoms with van der Waals surface area (Å²) in [4.78, 5) is 24.3. The molecule has 22 heavy (non-hydrogen) atoms. The molecule has 128 valence electrons. The number of carboxylic acids is 1. The Kier molecular flexibility index (Phi) is 7.24. The summed E-state index contributed by atoms with van der Waals surface area (Å²) in [5, 5.41) is 8.98. The van der Waals surface area contributed by atoms with Crippen LogP contribution in [0.3, 0.4) is 0 Å². The molecule has 9 heteroatoms. The summed E-state index contributed by atoms with van der Waals surface area (Å²) in [5.74, 6) is -2.12. The fourth-order valence-corrected chi connectivity index (χ4v) is 2.96. The molecule has 1 heterocycles. The molecule has 0 radical (unpaired) electrons. The molecule has 0 saturated carbocycles. The van der Waals surface area contributed by atoms with Gasteiger partial charge in [0.2, 0.25) is 15.9 Å². The first-order valence-corrected chi connectivity index (χ1v) is 8.96. The van der Waals surface area contributed by atoms with E-state index in [-0.39, 0.29) is 31.6 Å². The van der Waals surface area contributed by atoms with Crippen LogP contribution < -0.4 is 4.72 Å². The van der Waals surface area contributed by atoms with Gasteiger partial charge in [-0.3, -0.25) is 9.59 Å². The standard InChI is InChI=1S/C13H24N2O6S/c1-10(2)21-6-7-22(19,20)14-8-12(16)15-5-3-4-11(9-15)13(17)18/h10-11,14H,3-9H2,1-2H3,(H,17,18). The smallest absolute Gasteiger partial charge is 0.308 e. The molecule has 0 aromatic rings. The summed E-state index contributed by atoms with van der Waals surface area (Å²) < 4.78 is 30.8. The lowest BCUT2D eigenvalue weighted by Crippen LogP contribution is -2.46. The highest BCUT2D eigenvalue weighted by Crippen LogP contribution is 2.16. The number of carbonyl (C=O) groups is 2. The largest absolute Gasteiger partial charge is 0.481 e. The molecule has 1 amide bonds. The molecule has 0 bridgehead atoms. The third-order valence-corrected chi connectivity index (χ3v) is 4.66. The summed E-state index contributed by atoms with van der Waals surface area (Å²) >= 11 is 0. The number of rotatable bonds is 8. The van der Waals surface area contributed by atoms with E-state index in [1.54, 1.807) is 13.8 Å². The molecule has 1 aliphatic heterocycles. The summed E-state index contributed by atoms with van der Waals surface area (Å²) in [6, 6.07) is 0. The molecule has 1 saturated heterocycles. The van der Waals surface area contributed by atoms with E-state index < -0.39 is 27.8 Å². The van der Waals surface area contributed by atoms with Crippen LogP contribution in [0, 0.1) is 5.92 Å². The quantitative estimate of drug-likeness (QED) is 0.627. The first-order chi connectivity index (χ1) is 10.2. The van der Waals surface area contributed by atoms with Crippen LogP contribution in [0.15, 0.2) is 0 Å². The van der Waals surface area contributed by atoms with Crippen LogP contribution in [0.4, 0.5) is 0 Å². The monoisotopic (exact) mass is 336 g/mol. The average Bonchev–Trinajstić information content (AvgIpc) is 2.44. The highest BCUT2D eigenvalue weighted by atomic mass is 32.2. The average molecular weight is 336 g/mol. The first-order valence-electron chi connectivity index (χ1n) is 7.31. The van der Waals surface area contributed by atoms with Gasteiger partial charge in [0.1, 0.15) is 0 Å². The van der Waals surface area contributed by atoms with Crippen molar-refractivity contribution < 1.29 is 27.9 Å². The van der Waals surface area contributed by atoms with Crippen molar-refractivity contribution in [2.75, 3.05) is 32.0 Å². The van der Waals surface area contributed by atoms with Gasteiger partial charge in [-0.15, -0.1) is 0 Å². The van der Waals surface area contributed by atoms with Crippen molar-refractivity contribution in [2.24, 2.45) is 5.92 Å². The Labute approximate surface area is 130 Å². The first kappa shape index (κ1) is 18.9. The number of carbonyl (C=O) groups excluding carboxylic acids is 1. The lowest BCUT2D eigenvalue weighted by Gasteiger charge is -2.30. The van der Waals surface area contributed by atoms with Gasteiger partial charge in [0.15, 0.2) is 0 Å². The zero-order valence-electron chi connectivity index (χ0n) is 12.9. The third-order valence-electron chi connectivity index (χ3n) is 3.37. The van der Waals surface area contributed by atoms with Crippen molar-refractivity contribution in [3.63, 3.8) is 0 Å². The Morgan fingerprint density at radius 3 is 2.68 bits per heavy atom. The normalized spacial score (nSPS) is 19.4. The Hall–Kier alpha value is -1.19. The summed E-state index contributed by atoms with van der Waals surface area (Å²) in [6.07, 6.45) is 1.09. The lowest BCUT2D eigenvalue weighted by molar-refractivity contribution is -0.145. The number of amides is 1. The van der Waals surface area contributed by atoms with Crippen LogP contribution in [0.1, 0.15) is 26.7 Å². The highest BCUT2D eigenvalue weighted by molar-refractivity contribution is 7.89. The second kappa shape index (κ2) is 8.44. The molecule has 1 aliphatic rings. The van der Waals surface area contributed by atoms with Crippen molar-refractivity contribution in [1.82, 2.24) is 9.62 Å². The fraction of sp³-hybridized carbons (Fsp3) is 0.846. The van der Waals surface area contributed by atoms with Gasteiger partial charge in [0.25, 0.3) is 0 Å². The van der Waals surface area contributed by atoms with Crippen LogP contribution in [-0.4, -0.2) is 68.4 Å². The van der Waals surface area contributed by atoms with E-state index in [0.717, 1.165) is 0 Å². The van der Waals surface area contributed by atoms with Crippen molar-refractivity contribution >= 4 is 21.9 Å². The van der Waals surface area contributed by atoms with Crippen LogP contribution in [-0.2, 0) is 24.3 Å². The molecular weight excluding hydrogens is 312 g/mol. The lowest BCUT2D eigenvalue weighted by atomic mass is 9.98. The number of hydrogen-bond acceptors (Lipinski definition) is 5. The van der Waals surface area contributed by atoms with Crippen molar-refractivity contribution in [3.8, 4) is 0 Å². The van der Waals surface area contributed by atoms with Crippen LogP contribution in [0.5, 0.6) is 0 Å². The molecule has 8 nitrogen and oxygen atoms in total. The Bertz CT molecular complexity index is 491. The molecule has 1 unspecified atom stereocenters. The second-order valence-electron chi connectivity index (χ2n) is 5.58. The van der Waals surface area contributed by atoms with Gasteiger partial charge in [-0.05, 0) is 26.7 Å². The molecule has 0 aliphatic carbocycles. The Morgan fingerprint density at radius 1 is 1.41 bits per heavy atom. The van der Waals surface area contributed by atoms with Gasteiger partial charge in [-0.25, -0.2) is 13.1 Å². The summed E-state index contributed by atoms with van der Waals surface area (Å²) in [5.41, 5.74) is 0. The Balaban J connectivity index is 2.39. The zero-order valence-corrected chi connectivity index (χ0v) is 13.8. The zero-order chi connectivity index (χ0) is 16.8. The number of aliphatic carboxylic acids is 1. The van der Waals surface area contributed by atoms with E-state index in [1.807, 2.05) is 0 Å². The van der Waals surface area contributed by atoms with Crippen LogP contribution >= 0.6 is 0 Å². The van der Waals surface area contributed by atoms with Gasteiger partial charge in [-0.2, -0.15) is 0 Å². The van der Waals surface area contributed by atoms with Crippen LogP contribution in [0.2, 0.25) is 0 Å². The topological polar surface area (TPSA) is 113 Å². The van der Waals surface area contributed by atoms with Crippen molar-refractivity contribution in [3.05, 3.63) is 0 Å². The number of piperidine rings is 1. The van der Waals surface area contributed by atoms with Gasteiger partial charge < -0.3 is 14.7 Å². The van der Waals surface area contributed by atoms with E-state index in [0.29, 0.717) is 19.4 Å². The predicted octanol–water partition coefficient (Wildman–Crippen LogP) is -0.346. The van der Waals surface area contributed by atoms with Crippen LogP contribution in [0.25, 0.3) is 0 Å². The third kappa shape index (κ3) is 6.71. The van der Waals surface area contributed by atoms with Gasteiger partial charge in [-0.1, -0.05) is 0 Å². The molecule has 0 aromatic carbocycles. The number of carboxylic acid groups (broad SMARTS) is 1. The minimum atomic E-state index is -3.58. The number of nitrogens with one attached hydrogen (secondary N) is 1. The van der Waals surface area contributed by atoms with E-state index in [1.165, 1.54) is 4.90 Å². The van der Waals surface area contributed by atoms with E-state index in [4.69, 9.17) is 9.84 Å². The number of sulfonamides is 1. The number of nitrogens with zero attached hydrogens (tertiary/aromatic N) is 1. The molecule has 1 rings (SSSR count). The van der Waals surface area contributed by atoms with Gasteiger partial charge >= 0.3 is 5.97 Å². The molecule has 0 spiro atoms. The maximum absolute atomic E-state index is 12.0. The van der Waals surface area contributed by atoms with Crippen molar-refractivity contribution in [2.45, 2.75) is 32.8 Å². The molecule has 1 atom stereocenters. The van der Waals surface area contributed by atoms with E-state index >= 15 is 0 Å². The molecular formula is C13H24N2O6S.